The molecule has 0 aromatic carbocycles. The van der Waals surface area contributed by atoms with Crippen LogP contribution in [-0.2, 0) is 8.85 Å². The molecule has 0 radical (unpaired) electrons. The van der Waals surface area contributed by atoms with Crippen LogP contribution in [0, 0.1) is 23.2 Å². The predicted molar refractivity (Wildman–Crippen MR) is 182 cm³/mol. The summed E-state index contributed by atoms with van der Waals surface area (Å²) in [6.45, 7) is 33.1. The summed E-state index contributed by atoms with van der Waals surface area (Å²) in [4.78, 5) is 0. The monoisotopic (exact) mass is 600 g/mol. The average molecular weight is 601 g/mol. The molecule has 6 atom stereocenters. The third kappa shape index (κ3) is 7.68. The molecule has 3 fully saturated rings. The molecule has 0 aliphatic heterocycles. The summed E-state index contributed by atoms with van der Waals surface area (Å²) in [6, 6.07) is 0. The van der Waals surface area contributed by atoms with Crippen LogP contribution in [0.4, 0.5) is 0 Å². The van der Waals surface area contributed by atoms with E-state index in [1.807, 2.05) is 6.08 Å². The average Bonchev–Trinajstić information content (AvgIpc) is 3.19. The summed E-state index contributed by atoms with van der Waals surface area (Å²) in [5, 5.41) is 9.66. The number of allylic oxidation sites excluding steroid dienone is 4. The predicted octanol–water partition coefficient (Wildman–Crippen LogP) is 10.4. The van der Waals surface area contributed by atoms with Gasteiger partial charge in [-0.05, 0) is 109 Å². The van der Waals surface area contributed by atoms with Crippen LogP contribution >= 0.6 is 0 Å². The molecule has 41 heavy (non-hydrogen) atoms. The standard InChI is InChI=1S/C36H64O3Si2/c1-26(16-15-23-37)31-20-21-32-28(17-14-22-36(31,32)9)18-19-29-24-30(38-40(10,11)34(3,4)5)25-33(27(29)2)39-41(12,13)35(6,7)8/h15-16,18-19,26,30-33,37H,2,14,17,20-25H2,1,3-13H3/t26-,30-,31-,32+,33+,36-/m1/s1. The summed E-state index contributed by atoms with van der Waals surface area (Å²) in [5.41, 5.74) is 4.48. The maximum Gasteiger partial charge on any atom is 0.192 e. The molecule has 1 N–H and O–H groups in total. The van der Waals surface area contributed by atoms with Gasteiger partial charge < -0.3 is 14.0 Å². The van der Waals surface area contributed by atoms with Crippen LogP contribution in [0.3, 0.4) is 0 Å². The minimum atomic E-state index is -1.97. The molecule has 234 valence electrons. The Hall–Kier alpha value is -0.726. The Morgan fingerprint density at radius 2 is 1.61 bits per heavy atom. The van der Waals surface area contributed by atoms with Gasteiger partial charge >= 0.3 is 0 Å². The number of rotatable bonds is 8. The SMILES string of the molecule is C=C1C(=CC=C2CCC[C@]3(C)[C@@H]([C@H](C)C=CCO)CC[C@@H]23)C[C@@H](O[Si](C)(C)C(C)(C)C)C[C@@H]1O[Si](C)(C)C(C)(C)C. The molecule has 0 bridgehead atoms. The lowest BCUT2D eigenvalue weighted by molar-refractivity contribution is 0.0969. The van der Waals surface area contributed by atoms with Crippen LogP contribution in [-0.4, -0.2) is 40.6 Å². The van der Waals surface area contributed by atoms with Crippen molar-refractivity contribution in [2.24, 2.45) is 23.2 Å². The van der Waals surface area contributed by atoms with E-state index in [-0.39, 0.29) is 28.9 Å². The van der Waals surface area contributed by atoms with Crippen molar-refractivity contribution in [1.82, 2.24) is 0 Å². The van der Waals surface area contributed by atoms with Gasteiger partial charge in [0.05, 0.1) is 18.8 Å². The highest BCUT2D eigenvalue weighted by Crippen LogP contribution is 2.59. The zero-order chi connectivity index (χ0) is 31.0. The highest BCUT2D eigenvalue weighted by atomic mass is 28.4. The normalized spacial score (nSPS) is 33.1. The molecular weight excluding hydrogens is 537 g/mol. The lowest BCUT2D eigenvalue weighted by atomic mass is 9.61. The van der Waals surface area contributed by atoms with Crippen molar-refractivity contribution in [2.75, 3.05) is 6.61 Å². The van der Waals surface area contributed by atoms with E-state index in [1.54, 1.807) is 5.57 Å². The Bertz CT molecular complexity index is 1020. The molecule has 0 amide bonds. The Balaban J connectivity index is 1.92. The minimum absolute atomic E-state index is 0.0238. The lowest BCUT2D eigenvalue weighted by Crippen LogP contribution is -2.49. The van der Waals surface area contributed by atoms with Gasteiger partial charge in [-0.2, -0.15) is 0 Å². The minimum Gasteiger partial charge on any atom is -0.413 e. The van der Waals surface area contributed by atoms with Gasteiger partial charge in [0.2, 0.25) is 0 Å². The highest BCUT2D eigenvalue weighted by Gasteiger charge is 2.50. The van der Waals surface area contributed by atoms with Crippen LogP contribution in [0.2, 0.25) is 36.3 Å². The summed E-state index contributed by atoms with van der Waals surface area (Å²) in [7, 11) is -3.89. The maximum atomic E-state index is 9.33. The topological polar surface area (TPSA) is 38.7 Å². The van der Waals surface area contributed by atoms with E-state index in [4.69, 9.17) is 8.85 Å². The van der Waals surface area contributed by atoms with Crippen LogP contribution < -0.4 is 0 Å². The molecule has 5 heteroatoms. The molecule has 0 aromatic heterocycles. The van der Waals surface area contributed by atoms with E-state index in [1.165, 1.54) is 43.3 Å². The van der Waals surface area contributed by atoms with Gasteiger partial charge in [0.25, 0.3) is 0 Å². The summed E-state index contributed by atoms with van der Waals surface area (Å²) >= 11 is 0. The van der Waals surface area contributed by atoms with Crippen molar-refractivity contribution in [3.63, 3.8) is 0 Å². The zero-order valence-electron chi connectivity index (χ0n) is 28.8. The first-order valence-electron chi connectivity index (χ1n) is 16.5. The quantitative estimate of drug-likeness (QED) is 0.222. The lowest BCUT2D eigenvalue weighted by Gasteiger charge is -2.45. The van der Waals surface area contributed by atoms with E-state index in [0.29, 0.717) is 23.2 Å². The van der Waals surface area contributed by atoms with Crippen molar-refractivity contribution >= 4 is 16.6 Å². The van der Waals surface area contributed by atoms with E-state index in [0.717, 1.165) is 12.8 Å². The first-order chi connectivity index (χ1) is 18.7. The van der Waals surface area contributed by atoms with Gasteiger partial charge in [0.1, 0.15) is 0 Å². The number of hydrogen-bond donors (Lipinski definition) is 1. The first kappa shape index (κ1) is 34.8. The second-order valence-electron chi connectivity index (χ2n) is 16.8. The van der Waals surface area contributed by atoms with Crippen molar-refractivity contribution in [2.45, 2.75) is 149 Å². The number of hydrogen-bond acceptors (Lipinski definition) is 3. The molecule has 3 aliphatic carbocycles. The fourth-order valence-electron chi connectivity index (χ4n) is 7.32. The van der Waals surface area contributed by atoms with Crippen molar-refractivity contribution in [3.8, 4) is 0 Å². The number of aliphatic hydroxyl groups excluding tert-OH is 1. The molecule has 3 saturated carbocycles. The summed E-state index contributed by atoms with van der Waals surface area (Å²) in [5.74, 6) is 1.84. The molecule has 0 aromatic rings. The van der Waals surface area contributed by atoms with Gasteiger partial charge in [-0.25, -0.2) is 0 Å². The fraction of sp³-hybridized carbons (Fsp3) is 0.778. The van der Waals surface area contributed by atoms with Crippen molar-refractivity contribution in [3.05, 3.63) is 47.6 Å². The number of fused-ring (bicyclic) bond motifs is 1. The second kappa shape index (κ2) is 12.7. The third-order valence-corrected chi connectivity index (χ3v) is 21.0. The second-order valence-corrected chi connectivity index (χ2v) is 26.3. The van der Waals surface area contributed by atoms with Crippen LogP contribution in [0.15, 0.2) is 47.6 Å². The molecule has 3 rings (SSSR count). The van der Waals surface area contributed by atoms with E-state index < -0.39 is 16.6 Å². The van der Waals surface area contributed by atoms with Gasteiger partial charge in [0, 0.05) is 6.42 Å². The fourth-order valence-corrected chi connectivity index (χ4v) is 9.99. The maximum absolute atomic E-state index is 9.33. The summed E-state index contributed by atoms with van der Waals surface area (Å²) < 4.78 is 14.1. The van der Waals surface area contributed by atoms with Crippen LogP contribution in [0.25, 0.3) is 0 Å². The van der Waals surface area contributed by atoms with E-state index in [2.05, 4.69) is 106 Å². The first-order valence-corrected chi connectivity index (χ1v) is 22.3. The molecule has 3 aliphatic rings. The largest absolute Gasteiger partial charge is 0.413 e. The van der Waals surface area contributed by atoms with Crippen molar-refractivity contribution < 1.29 is 14.0 Å². The van der Waals surface area contributed by atoms with Crippen molar-refractivity contribution in [1.29, 1.82) is 0 Å². The smallest absolute Gasteiger partial charge is 0.192 e. The molecule has 0 saturated heterocycles. The van der Waals surface area contributed by atoms with Crippen LogP contribution in [0.5, 0.6) is 0 Å². The molecule has 0 heterocycles. The summed E-state index contributed by atoms with van der Waals surface area (Å²) in [6.07, 6.45) is 17.5. The van der Waals surface area contributed by atoms with E-state index in [9.17, 15) is 5.11 Å². The van der Waals surface area contributed by atoms with Crippen LogP contribution in [0.1, 0.15) is 100 Å². The Labute approximate surface area is 256 Å². The molecular formula is C36H64O3Si2. The third-order valence-electron chi connectivity index (χ3n) is 12.0. The van der Waals surface area contributed by atoms with Gasteiger partial charge in [-0.3, -0.25) is 0 Å². The molecule has 0 unspecified atom stereocenters. The van der Waals surface area contributed by atoms with Gasteiger partial charge in [-0.1, -0.05) is 91.8 Å². The van der Waals surface area contributed by atoms with Gasteiger partial charge in [0.15, 0.2) is 16.6 Å². The Kier molecular flexibility index (Phi) is 10.8. The highest BCUT2D eigenvalue weighted by molar-refractivity contribution is 6.74. The molecule has 3 nitrogen and oxygen atoms in total. The van der Waals surface area contributed by atoms with Gasteiger partial charge in [-0.15, -0.1) is 0 Å². The van der Waals surface area contributed by atoms with E-state index >= 15 is 0 Å². The zero-order valence-corrected chi connectivity index (χ0v) is 30.8. The number of aliphatic hydroxyl groups is 1. The Morgan fingerprint density at radius 1 is 1.00 bits per heavy atom. The Morgan fingerprint density at radius 3 is 2.20 bits per heavy atom. The molecule has 0 spiro atoms.